The molecular formula is C16H31NO5S. The number of ether oxygens (including phenoxy) is 4. The Morgan fingerprint density at radius 2 is 1.48 bits per heavy atom. The number of hydrogen-bond acceptors (Lipinski definition) is 6. The Morgan fingerprint density at radius 1 is 0.957 bits per heavy atom. The molecule has 0 atom stereocenters. The molecule has 0 unspecified atom stereocenters. The van der Waals surface area contributed by atoms with Gasteiger partial charge in [-0.2, -0.15) is 11.8 Å². The molecular weight excluding hydrogens is 318 g/mol. The lowest BCUT2D eigenvalue weighted by molar-refractivity contribution is 0.00277. The molecule has 7 heteroatoms. The quantitative estimate of drug-likeness (QED) is 0.504. The van der Waals surface area contributed by atoms with Gasteiger partial charge < -0.3 is 23.8 Å². The monoisotopic (exact) mass is 349 g/mol. The average molecular weight is 349 g/mol. The Balaban J connectivity index is 1.86. The molecule has 0 saturated carbocycles. The topological polar surface area (TPSA) is 57.2 Å². The van der Waals surface area contributed by atoms with E-state index in [9.17, 15) is 4.79 Å². The van der Waals surface area contributed by atoms with Crippen molar-refractivity contribution in [3.8, 4) is 0 Å². The molecule has 0 aromatic carbocycles. The summed E-state index contributed by atoms with van der Waals surface area (Å²) in [6.07, 6.45) is 5.02. The Morgan fingerprint density at radius 3 is 2.00 bits per heavy atom. The van der Waals surface area contributed by atoms with E-state index in [1.54, 1.807) is 4.90 Å². The summed E-state index contributed by atoms with van der Waals surface area (Å²) in [5.74, 6) is 0. The van der Waals surface area contributed by atoms with Gasteiger partial charge in [-0.15, -0.1) is 0 Å². The van der Waals surface area contributed by atoms with E-state index < -0.39 is 0 Å². The fraction of sp³-hybridized carbons (Fsp3) is 0.938. The second kappa shape index (κ2) is 13.9. The highest BCUT2D eigenvalue weighted by molar-refractivity contribution is 7.99. The number of thioether (sulfide) groups is 1. The Bertz CT molecular complexity index is 298. The maximum absolute atomic E-state index is 11.9. The van der Waals surface area contributed by atoms with Crippen LogP contribution in [0, 0.1) is 0 Å². The van der Waals surface area contributed by atoms with E-state index in [4.69, 9.17) is 18.9 Å². The number of hydrogen-bond donors (Lipinski definition) is 0. The van der Waals surface area contributed by atoms with Gasteiger partial charge in [0, 0.05) is 24.9 Å². The number of piperidine rings is 1. The molecule has 1 heterocycles. The maximum Gasteiger partial charge on any atom is 0.409 e. The molecule has 0 aliphatic carbocycles. The molecule has 0 aromatic heterocycles. The molecule has 0 aromatic rings. The zero-order valence-corrected chi connectivity index (χ0v) is 15.3. The van der Waals surface area contributed by atoms with Crippen molar-refractivity contribution in [1.29, 1.82) is 0 Å². The zero-order chi connectivity index (χ0) is 16.8. The van der Waals surface area contributed by atoms with Gasteiger partial charge in [-0.3, -0.25) is 0 Å². The van der Waals surface area contributed by atoms with Crippen LogP contribution in [0.3, 0.4) is 0 Å². The van der Waals surface area contributed by atoms with Crippen LogP contribution in [0.15, 0.2) is 0 Å². The molecule has 1 aliphatic heterocycles. The van der Waals surface area contributed by atoms with Crippen molar-refractivity contribution in [3.63, 3.8) is 0 Å². The van der Waals surface area contributed by atoms with Crippen molar-refractivity contribution >= 4 is 17.9 Å². The number of nitrogens with zero attached hydrogens (tertiary/aromatic N) is 1. The maximum atomic E-state index is 11.9. The smallest absolute Gasteiger partial charge is 0.409 e. The fourth-order valence-corrected chi connectivity index (χ4v) is 2.92. The Labute approximate surface area is 144 Å². The SMILES string of the molecule is CCCOCCOCCOCCOC(=O)N1CCC(SC)CC1. The van der Waals surface area contributed by atoms with Crippen LogP contribution in [0.4, 0.5) is 4.79 Å². The lowest BCUT2D eigenvalue weighted by atomic mass is 10.1. The van der Waals surface area contributed by atoms with Gasteiger partial charge >= 0.3 is 6.09 Å². The first-order valence-corrected chi connectivity index (χ1v) is 9.74. The van der Waals surface area contributed by atoms with Crippen molar-refractivity contribution in [1.82, 2.24) is 4.90 Å². The summed E-state index contributed by atoms with van der Waals surface area (Å²) in [5.41, 5.74) is 0. The average Bonchev–Trinajstić information content (AvgIpc) is 2.59. The summed E-state index contributed by atoms with van der Waals surface area (Å²) in [4.78, 5) is 13.6. The lowest BCUT2D eigenvalue weighted by Crippen LogP contribution is -2.39. The first-order valence-electron chi connectivity index (χ1n) is 8.45. The second-order valence-corrected chi connectivity index (χ2v) is 6.51. The van der Waals surface area contributed by atoms with Crippen LogP contribution in [0.2, 0.25) is 0 Å². The van der Waals surface area contributed by atoms with Crippen LogP contribution >= 0.6 is 11.8 Å². The standard InChI is InChI=1S/C16H31NO5S/c1-3-8-19-9-10-20-11-12-21-13-14-22-16(18)17-6-4-15(23-2)5-7-17/h15H,3-14H2,1-2H3. The summed E-state index contributed by atoms with van der Waals surface area (Å²) in [6.45, 7) is 7.38. The Kier molecular flexibility index (Phi) is 12.4. The third-order valence-electron chi connectivity index (χ3n) is 3.58. The number of carbonyl (C=O) groups is 1. The van der Waals surface area contributed by atoms with E-state index in [0.29, 0.717) is 44.9 Å². The van der Waals surface area contributed by atoms with Gasteiger partial charge in [-0.05, 0) is 25.5 Å². The van der Waals surface area contributed by atoms with E-state index >= 15 is 0 Å². The number of likely N-dealkylation sites (tertiary alicyclic amines) is 1. The lowest BCUT2D eigenvalue weighted by Gasteiger charge is -2.30. The summed E-state index contributed by atoms with van der Waals surface area (Å²) in [6, 6.07) is 0. The molecule has 136 valence electrons. The predicted octanol–water partition coefficient (Wildman–Crippen LogP) is 2.41. The van der Waals surface area contributed by atoms with Crippen molar-refractivity contribution in [2.24, 2.45) is 0 Å². The highest BCUT2D eigenvalue weighted by Crippen LogP contribution is 2.21. The molecule has 1 aliphatic rings. The van der Waals surface area contributed by atoms with E-state index in [1.165, 1.54) is 0 Å². The van der Waals surface area contributed by atoms with E-state index in [-0.39, 0.29) is 6.09 Å². The van der Waals surface area contributed by atoms with Crippen molar-refractivity contribution in [3.05, 3.63) is 0 Å². The van der Waals surface area contributed by atoms with Gasteiger partial charge in [-0.25, -0.2) is 4.79 Å². The van der Waals surface area contributed by atoms with Crippen molar-refractivity contribution in [2.75, 3.05) is 65.6 Å². The van der Waals surface area contributed by atoms with Crippen LogP contribution < -0.4 is 0 Å². The van der Waals surface area contributed by atoms with Gasteiger partial charge in [0.2, 0.25) is 0 Å². The Hall–Kier alpha value is -0.500. The zero-order valence-electron chi connectivity index (χ0n) is 14.5. The molecule has 1 rings (SSSR count). The summed E-state index contributed by atoms with van der Waals surface area (Å²) < 4.78 is 21.2. The molecule has 0 spiro atoms. The highest BCUT2D eigenvalue weighted by atomic mass is 32.2. The second-order valence-electron chi connectivity index (χ2n) is 5.37. The molecule has 0 bridgehead atoms. The first kappa shape index (κ1) is 20.5. The van der Waals surface area contributed by atoms with E-state index in [0.717, 1.165) is 39.0 Å². The number of rotatable bonds is 12. The minimum Gasteiger partial charge on any atom is -0.447 e. The minimum atomic E-state index is -0.225. The van der Waals surface area contributed by atoms with Crippen molar-refractivity contribution in [2.45, 2.75) is 31.4 Å². The number of amides is 1. The molecule has 0 radical (unpaired) electrons. The van der Waals surface area contributed by atoms with Gasteiger partial charge in [0.15, 0.2) is 0 Å². The van der Waals surface area contributed by atoms with Crippen LogP contribution in [0.5, 0.6) is 0 Å². The van der Waals surface area contributed by atoms with Gasteiger partial charge in [0.1, 0.15) is 6.61 Å². The van der Waals surface area contributed by atoms with Crippen LogP contribution in [0.25, 0.3) is 0 Å². The molecule has 0 N–H and O–H groups in total. The number of carbonyl (C=O) groups excluding carboxylic acids is 1. The van der Waals surface area contributed by atoms with Crippen molar-refractivity contribution < 1.29 is 23.7 Å². The molecule has 6 nitrogen and oxygen atoms in total. The minimum absolute atomic E-state index is 0.225. The molecule has 1 saturated heterocycles. The van der Waals surface area contributed by atoms with Crippen LogP contribution in [-0.2, 0) is 18.9 Å². The van der Waals surface area contributed by atoms with Crippen LogP contribution in [0.1, 0.15) is 26.2 Å². The van der Waals surface area contributed by atoms with Crippen LogP contribution in [-0.4, -0.2) is 81.8 Å². The highest BCUT2D eigenvalue weighted by Gasteiger charge is 2.22. The largest absolute Gasteiger partial charge is 0.447 e. The fourth-order valence-electron chi connectivity index (χ4n) is 2.24. The third kappa shape index (κ3) is 10.1. The summed E-state index contributed by atoms with van der Waals surface area (Å²) in [5, 5.41) is 0.676. The predicted molar refractivity (Wildman–Crippen MR) is 92.2 cm³/mol. The van der Waals surface area contributed by atoms with Gasteiger partial charge in [0.25, 0.3) is 0 Å². The normalized spacial score (nSPS) is 15.8. The molecule has 1 fully saturated rings. The van der Waals surface area contributed by atoms with E-state index in [2.05, 4.69) is 13.2 Å². The third-order valence-corrected chi connectivity index (χ3v) is 4.72. The summed E-state index contributed by atoms with van der Waals surface area (Å²) >= 11 is 1.88. The first-order chi connectivity index (χ1) is 11.3. The molecule has 23 heavy (non-hydrogen) atoms. The summed E-state index contributed by atoms with van der Waals surface area (Å²) in [7, 11) is 0. The van der Waals surface area contributed by atoms with E-state index in [1.807, 2.05) is 11.8 Å². The van der Waals surface area contributed by atoms with Gasteiger partial charge in [-0.1, -0.05) is 6.92 Å². The molecule has 1 amide bonds. The van der Waals surface area contributed by atoms with Gasteiger partial charge in [0.05, 0.1) is 33.0 Å².